The van der Waals surface area contributed by atoms with Gasteiger partial charge < -0.3 is 25.0 Å². The summed E-state index contributed by atoms with van der Waals surface area (Å²) in [6.45, 7) is 9.08. The van der Waals surface area contributed by atoms with E-state index in [1.165, 1.54) is 0 Å². The van der Waals surface area contributed by atoms with Crippen molar-refractivity contribution >= 4 is 35.8 Å². The molecule has 0 bridgehead atoms. The first kappa shape index (κ1) is 26.9. The molecule has 33 heavy (non-hydrogen) atoms. The lowest BCUT2D eigenvalue weighted by molar-refractivity contribution is -0.0586. The van der Waals surface area contributed by atoms with Gasteiger partial charge in [-0.05, 0) is 44.5 Å². The highest BCUT2D eigenvalue weighted by Gasteiger charge is 2.26. The van der Waals surface area contributed by atoms with E-state index in [4.69, 9.17) is 9.47 Å². The van der Waals surface area contributed by atoms with Gasteiger partial charge in [-0.15, -0.1) is 24.0 Å². The highest BCUT2D eigenvalue weighted by Crippen LogP contribution is 2.18. The highest BCUT2D eigenvalue weighted by atomic mass is 127. The third-order valence-electron chi connectivity index (χ3n) is 5.31. The lowest BCUT2D eigenvalue weighted by Crippen LogP contribution is -2.48. The standard InChI is InChI=1S/C25H34N4O3.HI/c1-5-31-23-9-7-6-8-22(23)15-28-25(26-4)27-14-20-10-12-21(13-11-20)24(30)29-16-18(2)32-19(3)17-29;/h6-13,18-19H,5,14-17H2,1-4H3,(H2,26,27,28);1H. The maximum atomic E-state index is 12.8. The fraction of sp³-hybridized carbons (Fsp3) is 0.440. The Morgan fingerprint density at radius 2 is 1.70 bits per heavy atom. The first-order chi connectivity index (χ1) is 15.5. The van der Waals surface area contributed by atoms with Crippen molar-refractivity contribution in [1.29, 1.82) is 0 Å². The van der Waals surface area contributed by atoms with Crippen molar-refractivity contribution in [3.63, 3.8) is 0 Å². The van der Waals surface area contributed by atoms with E-state index in [1.807, 2.05) is 74.2 Å². The molecule has 2 unspecified atom stereocenters. The normalized spacial score (nSPS) is 18.3. The molecule has 1 aliphatic heterocycles. The van der Waals surface area contributed by atoms with Crippen LogP contribution in [0.1, 0.15) is 42.3 Å². The first-order valence-electron chi connectivity index (χ1n) is 11.2. The summed E-state index contributed by atoms with van der Waals surface area (Å²) in [6, 6.07) is 15.7. The minimum atomic E-state index is 0. The summed E-state index contributed by atoms with van der Waals surface area (Å²) in [5.74, 6) is 1.63. The number of morpholine rings is 1. The molecule has 0 radical (unpaired) electrons. The summed E-state index contributed by atoms with van der Waals surface area (Å²) in [4.78, 5) is 19.0. The number of nitrogens with one attached hydrogen (secondary N) is 2. The zero-order valence-electron chi connectivity index (χ0n) is 19.8. The summed E-state index contributed by atoms with van der Waals surface area (Å²) >= 11 is 0. The molecule has 0 aliphatic carbocycles. The number of hydrogen-bond acceptors (Lipinski definition) is 4. The molecule has 180 valence electrons. The van der Waals surface area contributed by atoms with Crippen LogP contribution in [0.4, 0.5) is 0 Å². The van der Waals surface area contributed by atoms with E-state index in [-0.39, 0.29) is 42.1 Å². The van der Waals surface area contributed by atoms with E-state index < -0.39 is 0 Å². The maximum absolute atomic E-state index is 12.8. The third kappa shape index (κ3) is 7.89. The lowest BCUT2D eigenvalue weighted by atomic mass is 10.1. The van der Waals surface area contributed by atoms with Gasteiger partial charge in [-0.25, -0.2) is 0 Å². The number of para-hydroxylation sites is 1. The number of halogens is 1. The van der Waals surface area contributed by atoms with Crippen molar-refractivity contribution in [2.75, 3.05) is 26.7 Å². The van der Waals surface area contributed by atoms with Gasteiger partial charge in [-0.1, -0.05) is 30.3 Å². The number of amides is 1. The smallest absolute Gasteiger partial charge is 0.254 e. The van der Waals surface area contributed by atoms with E-state index in [1.54, 1.807) is 7.05 Å². The number of rotatable bonds is 7. The molecular weight excluding hydrogens is 531 g/mol. The molecule has 0 aromatic heterocycles. The Hall–Kier alpha value is -2.33. The van der Waals surface area contributed by atoms with Gasteiger partial charge in [0.05, 0.1) is 18.8 Å². The Kier molecular flexibility index (Phi) is 10.9. The molecule has 2 aromatic carbocycles. The topological polar surface area (TPSA) is 75.2 Å². The van der Waals surface area contributed by atoms with Crippen LogP contribution in [0.3, 0.4) is 0 Å². The Labute approximate surface area is 214 Å². The number of benzene rings is 2. The average Bonchev–Trinajstić information content (AvgIpc) is 2.79. The van der Waals surface area contributed by atoms with E-state index in [0.717, 1.165) is 16.9 Å². The summed E-state index contributed by atoms with van der Waals surface area (Å²) in [5, 5.41) is 6.64. The first-order valence-corrected chi connectivity index (χ1v) is 11.2. The molecule has 1 heterocycles. The maximum Gasteiger partial charge on any atom is 0.254 e. The molecule has 1 amide bonds. The van der Waals surface area contributed by atoms with Crippen LogP contribution >= 0.6 is 24.0 Å². The zero-order chi connectivity index (χ0) is 22.9. The molecular formula is C25H35IN4O3. The fourth-order valence-electron chi connectivity index (χ4n) is 3.82. The SMILES string of the molecule is CCOc1ccccc1CNC(=NC)NCc1ccc(C(=O)N2CC(C)OC(C)C2)cc1.I. The van der Waals surface area contributed by atoms with Crippen LogP contribution in [0.15, 0.2) is 53.5 Å². The van der Waals surface area contributed by atoms with Crippen LogP contribution in [-0.4, -0.2) is 55.7 Å². The Morgan fingerprint density at radius 3 is 2.33 bits per heavy atom. The van der Waals surface area contributed by atoms with E-state index in [2.05, 4.69) is 15.6 Å². The Bertz CT molecular complexity index is 910. The van der Waals surface area contributed by atoms with Gasteiger partial charge in [0.2, 0.25) is 0 Å². The molecule has 0 saturated carbocycles. The molecule has 7 nitrogen and oxygen atoms in total. The predicted molar refractivity (Wildman–Crippen MR) is 142 cm³/mol. The zero-order valence-corrected chi connectivity index (χ0v) is 22.2. The summed E-state index contributed by atoms with van der Waals surface area (Å²) < 4.78 is 11.4. The van der Waals surface area contributed by atoms with Gasteiger partial charge in [-0.2, -0.15) is 0 Å². The second kappa shape index (κ2) is 13.4. The van der Waals surface area contributed by atoms with Crippen LogP contribution in [0.5, 0.6) is 5.75 Å². The molecule has 2 N–H and O–H groups in total. The average molecular weight is 566 g/mol. The highest BCUT2D eigenvalue weighted by molar-refractivity contribution is 14.0. The fourth-order valence-corrected chi connectivity index (χ4v) is 3.82. The molecule has 1 fully saturated rings. The van der Waals surface area contributed by atoms with Crippen molar-refractivity contribution in [1.82, 2.24) is 15.5 Å². The summed E-state index contributed by atoms with van der Waals surface area (Å²) in [6.07, 6.45) is 0.122. The van der Waals surface area contributed by atoms with Gasteiger partial charge in [0.1, 0.15) is 5.75 Å². The van der Waals surface area contributed by atoms with Crippen LogP contribution in [0.25, 0.3) is 0 Å². The van der Waals surface area contributed by atoms with Crippen molar-refractivity contribution < 1.29 is 14.3 Å². The summed E-state index contributed by atoms with van der Waals surface area (Å²) in [7, 11) is 1.75. The van der Waals surface area contributed by atoms with Gasteiger partial charge in [0.25, 0.3) is 5.91 Å². The van der Waals surface area contributed by atoms with Crippen molar-refractivity contribution in [3.8, 4) is 5.75 Å². The largest absolute Gasteiger partial charge is 0.494 e. The predicted octanol–water partition coefficient (Wildman–Crippen LogP) is 3.82. The Balaban J connectivity index is 0.00000385. The third-order valence-corrected chi connectivity index (χ3v) is 5.31. The number of carbonyl (C=O) groups is 1. The minimum absolute atomic E-state index is 0. The van der Waals surface area contributed by atoms with Crippen LogP contribution < -0.4 is 15.4 Å². The van der Waals surface area contributed by atoms with Crippen LogP contribution in [0.2, 0.25) is 0 Å². The van der Waals surface area contributed by atoms with Gasteiger partial charge in [0, 0.05) is 44.4 Å². The summed E-state index contributed by atoms with van der Waals surface area (Å²) in [5.41, 5.74) is 2.85. The van der Waals surface area contributed by atoms with E-state index >= 15 is 0 Å². The van der Waals surface area contributed by atoms with Gasteiger partial charge in [0.15, 0.2) is 5.96 Å². The number of nitrogens with zero attached hydrogens (tertiary/aromatic N) is 2. The van der Waals surface area contributed by atoms with Crippen LogP contribution in [-0.2, 0) is 17.8 Å². The molecule has 2 atom stereocenters. The monoisotopic (exact) mass is 566 g/mol. The molecule has 2 aromatic rings. The second-order valence-corrected chi connectivity index (χ2v) is 7.98. The number of guanidine groups is 1. The molecule has 1 saturated heterocycles. The van der Waals surface area contributed by atoms with Crippen LogP contribution in [0, 0.1) is 0 Å². The van der Waals surface area contributed by atoms with E-state index in [0.29, 0.717) is 44.3 Å². The second-order valence-electron chi connectivity index (χ2n) is 7.98. The number of hydrogen-bond donors (Lipinski definition) is 2. The number of carbonyl (C=O) groups excluding carboxylic acids is 1. The quantitative estimate of drug-likeness (QED) is 0.303. The Morgan fingerprint density at radius 1 is 1.06 bits per heavy atom. The number of aliphatic imine (C=N–C) groups is 1. The number of ether oxygens (including phenoxy) is 2. The molecule has 8 heteroatoms. The van der Waals surface area contributed by atoms with Gasteiger partial charge in [-0.3, -0.25) is 9.79 Å². The lowest BCUT2D eigenvalue weighted by Gasteiger charge is -2.35. The minimum Gasteiger partial charge on any atom is -0.494 e. The molecule has 1 aliphatic rings. The van der Waals surface area contributed by atoms with Crippen molar-refractivity contribution in [2.45, 2.75) is 46.1 Å². The van der Waals surface area contributed by atoms with Crippen molar-refractivity contribution in [2.24, 2.45) is 4.99 Å². The van der Waals surface area contributed by atoms with Crippen molar-refractivity contribution in [3.05, 3.63) is 65.2 Å². The molecule has 0 spiro atoms. The van der Waals surface area contributed by atoms with E-state index in [9.17, 15) is 4.79 Å². The molecule has 3 rings (SSSR count). The van der Waals surface area contributed by atoms with Gasteiger partial charge >= 0.3 is 0 Å².